The number of carbonyl (C=O) groups is 3. The molecule has 3 aromatic carbocycles. The van der Waals surface area contributed by atoms with Crippen molar-refractivity contribution in [3.05, 3.63) is 83.4 Å². The van der Waals surface area contributed by atoms with Crippen molar-refractivity contribution in [2.45, 2.75) is 39.9 Å². The number of benzene rings is 3. The second kappa shape index (κ2) is 12.1. The summed E-state index contributed by atoms with van der Waals surface area (Å²) in [5.74, 6) is -0.862. The summed E-state index contributed by atoms with van der Waals surface area (Å²) in [6.07, 6.45) is -0.606. The molecule has 0 saturated carbocycles. The molecule has 0 aliphatic rings. The Bertz CT molecular complexity index is 1300. The molecular weight excluding hydrogens is 488 g/mol. The maximum Gasteiger partial charge on any atom is 0.414 e. The smallest absolute Gasteiger partial charge is 0.414 e. The summed E-state index contributed by atoms with van der Waals surface area (Å²) in [6.45, 7) is 7.25. The highest BCUT2D eigenvalue weighted by atomic mass is 16.6. The third-order valence-electron chi connectivity index (χ3n) is 5.25. The SMILES string of the molecule is Cc1ccc(COc2ccc(NC(=O)COc3cccc(C(=O)O)c3)c(N(C)C(=O)OC(C)(C)C)c2)cc1. The van der Waals surface area contributed by atoms with Gasteiger partial charge in [-0.2, -0.15) is 0 Å². The van der Waals surface area contributed by atoms with E-state index in [4.69, 9.17) is 19.3 Å². The van der Waals surface area contributed by atoms with E-state index in [1.165, 1.54) is 30.1 Å². The van der Waals surface area contributed by atoms with Crippen LogP contribution in [0.2, 0.25) is 0 Å². The van der Waals surface area contributed by atoms with Crippen molar-refractivity contribution in [1.82, 2.24) is 0 Å². The number of rotatable bonds is 9. The zero-order valence-electron chi connectivity index (χ0n) is 22.1. The molecule has 0 aromatic heterocycles. The second-order valence-corrected chi connectivity index (χ2v) is 9.66. The van der Waals surface area contributed by atoms with Crippen LogP contribution >= 0.6 is 0 Å². The molecule has 38 heavy (non-hydrogen) atoms. The number of carboxylic acids is 1. The molecule has 0 aliphatic carbocycles. The van der Waals surface area contributed by atoms with Crippen molar-refractivity contribution in [3.63, 3.8) is 0 Å². The molecule has 2 amide bonds. The maximum absolute atomic E-state index is 12.8. The monoisotopic (exact) mass is 520 g/mol. The number of hydrogen-bond acceptors (Lipinski definition) is 6. The Balaban J connectivity index is 1.77. The Hall–Kier alpha value is -4.53. The van der Waals surface area contributed by atoms with Crippen molar-refractivity contribution >= 4 is 29.3 Å². The molecule has 2 N–H and O–H groups in total. The first-order chi connectivity index (χ1) is 17.9. The average Bonchev–Trinajstić information content (AvgIpc) is 2.86. The van der Waals surface area contributed by atoms with Gasteiger partial charge in [0.1, 0.15) is 23.7 Å². The van der Waals surface area contributed by atoms with Crippen LogP contribution in [0.25, 0.3) is 0 Å². The summed E-state index contributed by atoms with van der Waals surface area (Å²) in [5.41, 5.74) is 2.17. The predicted octanol–water partition coefficient (Wildman–Crippen LogP) is 5.66. The van der Waals surface area contributed by atoms with E-state index in [1.54, 1.807) is 45.0 Å². The van der Waals surface area contributed by atoms with Crippen LogP contribution in [-0.2, 0) is 16.1 Å². The molecule has 0 saturated heterocycles. The number of aryl methyl sites for hydroxylation is 1. The van der Waals surface area contributed by atoms with Gasteiger partial charge in [-0.3, -0.25) is 9.69 Å². The van der Waals surface area contributed by atoms with E-state index in [2.05, 4.69) is 5.32 Å². The Morgan fingerprint density at radius 3 is 2.26 bits per heavy atom. The fraction of sp³-hybridized carbons (Fsp3) is 0.276. The first-order valence-electron chi connectivity index (χ1n) is 12.0. The van der Waals surface area contributed by atoms with Crippen molar-refractivity contribution in [2.24, 2.45) is 0 Å². The molecule has 9 nitrogen and oxygen atoms in total. The Kier molecular flexibility index (Phi) is 8.96. The number of hydrogen-bond donors (Lipinski definition) is 2. The number of anilines is 2. The van der Waals surface area contributed by atoms with Gasteiger partial charge in [0.25, 0.3) is 5.91 Å². The topological polar surface area (TPSA) is 114 Å². The van der Waals surface area contributed by atoms with Gasteiger partial charge in [-0.25, -0.2) is 9.59 Å². The van der Waals surface area contributed by atoms with Crippen LogP contribution < -0.4 is 19.7 Å². The normalized spacial score (nSPS) is 10.9. The van der Waals surface area contributed by atoms with E-state index in [-0.39, 0.29) is 17.9 Å². The molecule has 0 heterocycles. The third kappa shape index (κ3) is 8.26. The summed E-state index contributed by atoms with van der Waals surface area (Å²) >= 11 is 0. The quantitative estimate of drug-likeness (QED) is 0.374. The highest BCUT2D eigenvalue weighted by Gasteiger charge is 2.23. The zero-order chi connectivity index (χ0) is 27.9. The van der Waals surface area contributed by atoms with E-state index in [0.717, 1.165) is 11.1 Å². The van der Waals surface area contributed by atoms with Crippen molar-refractivity contribution in [1.29, 1.82) is 0 Å². The van der Waals surface area contributed by atoms with Crippen molar-refractivity contribution in [2.75, 3.05) is 23.9 Å². The molecule has 3 aromatic rings. The van der Waals surface area contributed by atoms with E-state index in [1.807, 2.05) is 31.2 Å². The van der Waals surface area contributed by atoms with E-state index >= 15 is 0 Å². The number of nitrogens with zero attached hydrogens (tertiary/aromatic N) is 1. The van der Waals surface area contributed by atoms with Gasteiger partial charge in [-0.15, -0.1) is 0 Å². The number of ether oxygens (including phenoxy) is 3. The minimum absolute atomic E-state index is 0.0467. The van der Waals surface area contributed by atoms with Crippen LogP contribution in [-0.4, -0.2) is 42.3 Å². The summed E-state index contributed by atoms with van der Waals surface area (Å²) in [7, 11) is 1.54. The summed E-state index contributed by atoms with van der Waals surface area (Å²) in [4.78, 5) is 37.9. The largest absolute Gasteiger partial charge is 0.489 e. The lowest BCUT2D eigenvalue weighted by Gasteiger charge is -2.26. The predicted molar refractivity (Wildman–Crippen MR) is 144 cm³/mol. The lowest BCUT2D eigenvalue weighted by atomic mass is 10.2. The van der Waals surface area contributed by atoms with Crippen LogP contribution in [0.15, 0.2) is 66.7 Å². The number of aromatic carboxylic acids is 1. The molecule has 0 atom stereocenters. The molecule has 0 spiro atoms. The van der Waals surface area contributed by atoms with Gasteiger partial charge < -0.3 is 24.6 Å². The van der Waals surface area contributed by atoms with Gasteiger partial charge in [0, 0.05) is 13.1 Å². The van der Waals surface area contributed by atoms with Crippen LogP contribution in [0.3, 0.4) is 0 Å². The first-order valence-corrected chi connectivity index (χ1v) is 12.0. The summed E-state index contributed by atoms with van der Waals surface area (Å²) < 4.78 is 16.9. The van der Waals surface area contributed by atoms with Crippen LogP contribution in [0, 0.1) is 6.92 Å². The number of carboxylic acid groups (broad SMARTS) is 1. The number of carbonyl (C=O) groups excluding carboxylic acids is 2. The van der Waals surface area contributed by atoms with Gasteiger partial charge in [0.2, 0.25) is 0 Å². The fourth-order valence-electron chi connectivity index (χ4n) is 3.32. The minimum atomic E-state index is -1.10. The van der Waals surface area contributed by atoms with Gasteiger partial charge in [0.05, 0.1) is 16.9 Å². The molecule has 200 valence electrons. The molecule has 0 unspecified atom stereocenters. The lowest BCUT2D eigenvalue weighted by Crippen LogP contribution is -2.34. The number of nitrogens with one attached hydrogen (secondary N) is 1. The molecule has 0 fully saturated rings. The van der Waals surface area contributed by atoms with Gasteiger partial charge in [-0.1, -0.05) is 35.9 Å². The molecular formula is C29H32N2O7. The Morgan fingerprint density at radius 2 is 1.61 bits per heavy atom. The molecule has 0 bridgehead atoms. The van der Waals surface area contributed by atoms with E-state index < -0.39 is 23.6 Å². The standard InChI is InChI=1S/C29H32N2O7/c1-19-9-11-20(12-10-19)17-36-23-13-14-24(25(16-23)31(5)28(35)38-29(2,3)4)30-26(32)18-37-22-8-6-7-21(15-22)27(33)34/h6-16H,17-18H2,1-5H3,(H,30,32)(H,33,34). The average molecular weight is 521 g/mol. The van der Waals surface area contributed by atoms with Gasteiger partial charge in [0.15, 0.2) is 6.61 Å². The van der Waals surface area contributed by atoms with E-state index in [0.29, 0.717) is 23.7 Å². The lowest BCUT2D eigenvalue weighted by molar-refractivity contribution is -0.118. The van der Waals surface area contributed by atoms with Crippen LogP contribution in [0.4, 0.5) is 16.2 Å². The summed E-state index contributed by atoms with van der Waals surface area (Å²) in [5, 5.41) is 11.9. The Morgan fingerprint density at radius 1 is 0.921 bits per heavy atom. The van der Waals surface area contributed by atoms with Crippen LogP contribution in [0.5, 0.6) is 11.5 Å². The molecule has 0 aliphatic heterocycles. The number of amides is 2. The van der Waals surface area contributed by atoms with Crippen molar-refractivity contribution < 1.29 is 33.7 Å². The van der Waals surface area contributed by atoms with E-state index in [9.17, 15) is 14.4 Å². The Labute approximate surface area is 221 Å². The van der Waals surface area contributed by atoms with Crippen molar-refractivity contribution in [3.8, 4) is 11.5 Å². The third-order valence-corrected chi connectivity index (χ3v) is 5.25. The molecule has 9 heteroatoms. The first kappa shape index (κ1) is 28.0. The highest BCUT2D eigenvalue weighted by Crippen LogP contribution is 2.31. The maximum atomic E-state index is 12.8. The van der Waals surface area contributed by atoms with Crippen LogP contribution in [0.1, 0.15) is 42.3 Å². The minimum Gasteiger partial charge on any atom is -0.489 e. The van der Waals surface area contributed by atoms with Gasteiger partial charge in [-0.05, 0) is 63.6 Å². The highest BCUT2D eigenvalue weighted by molar-refractivity contribution is 5.99. The zero-order valence-corrected chi connectivity index (χ0v) is 22.1. The summed E-state index contributed by atoms with van der Waals surface area (Å²) in [6, 6.07) is 18.8. The van der Waals surface area contributed by atoms with Gasteiger partial charge >= 0.3 is 12.1 Å². The molecule has 3 rings (SSSR count). The second-order valence-electron chi connectivity index (χ2n) is 9.66. The molecule has 0 radical (unpaired) electrons. The fourth-order valence-corrected chi connectivity index (χ4v) is 3.32.